The third kappa shape index (κ3) is 2.67. The molecule has 0 bridgehead atoms. The van der Waals surface area contributed by atoms with E-state index in [1.165, 1.54) is 0 Å². The third-order valence-electron chi connectivity index (χ3n) is 2.44. The fourth-order valence-electron chi connectivity index (χ4n) is 1.56. The van der Waals surface area contributed by atoms with Gasteiger partial charge in [0.25, 0.3) is 0 Å². The van der Waals surface area contributed by atoms with Gasteiger partial charge in [-0.05, 0) is 12.8 Å². The zero-order valence-electron chi connectivity index (χ0n) is 7.74. The van der Waals surface area contributed by atoms with Crippen LogP contribution in [0.4, 0.5) is 0 Å². The van der Waals surface area contributed by atoms with E-state index in [1.54, 1.807) is 0 Å². The summed E-state index contributed by atoms with van der Waals surface area (Å²) < 4.78 is 10.5. The maximum absolute atomic E-state index is 5.24. The number of hydrazone groups is 1. The van der Waals surface area contributed by atoms with Crippen molar-refractivity contribution in [1.29, 1.82) is 0 Å². The highest BCUT2D eigenvalue weighted by Gasteiger charge is 2.15. The van der Waals surface area contributed by atoms with Gasteiger partial charge < -0.3 is 14.9 Å². The van der Waals surface area contributed by atoms with Crippen molar-refractivity contribution in [3.8, 4) is 0 Å². The first-order chi connectivity index (χ1) is 6.45. The van der Waals surface area contributed by atoms with Crippen LogP contribution < -0.4 is 5.43 Å². The Hall–Kier alpha value is -0.610. The quantitative estimate of drug-likeness (QED) is 0.509. The SMILES string of the molecule is C(=N\NC1CCOC1)/C1CCOC1. The lowest BCUT2D eigenvalue weighted by Crippen LogP contribution is -2.24. The third-order valence-corrected chi connectivity index (χ3v) is 2.44. The molecule has 74 valence electrons. The maximum Gasteiger partial charge on any atom is 0.0695 e. The second-order valence-corrected chi connectivity index (χ2v) is 3.59. The average molecular weight is 184 g/mol. The molecule has 4 heteroatoms. The molecule has 0 aromatic rings. The van der Waals surface area contributed by atoms with Crippen molar-refractivity contribution in [2.24, 2.45) is 11.0 Å². The number of hydrogen-bond donors (Lipinski definition) is 1. The normalized spacial score (nSPS) is 34.5. The monoisotopic (exact) mass is 184 g/mol. The van der Waals surface area contributed by atoms with Gasteiger partial charge in [0, 0.05) is 25.3 Å². The topological polar surface area (TPSA) is 42.9 Å². The number of nitrogens with one attached hydrogen (secondary N) is 1. The molecule has 0 aromatic carbocycles. The number of rotatable bonds is 3. The second kappa shape index (κ2) is 4.58. The first-order valence-corrected chi connectivity index (χ1v) is 4.89. The van der Waals surface area contributed by atoms with Gasteiger partial charge in [-0.2, -0.15) is 5.10 Å². The van der Waals surface area contributed by atoms with Crippen LogP contribution in [-0.4, -0.2) is 38.7 Å². The fraction of sp³-hybridized carbons (Fsp3) is 0.889. The van der Waals surface area contributed by atoms with Gasteiger partial charge in [-0.1, -0.05) is 0 Å². The molecule has 0 saturated carbocycles. The van der Waals surface area contributed by atoms with Crippen molar-refractivity contribution in [1.82, 2.24) is 5.43 Å². The first kappa shape index (κ1) is 8.97. The van der Waals surface area contributed by atoms with E-state index in [0.717, 1.165) is 39.3 Å². The van der Waals surface area contributed by atoms with Crippen molar-refractivity contribution in [3.63, 3.8) is 0 Å². The van der Waals surface area contributed by atoms with Gasteiger partial charge in [0.1, 0.15) is 0 Å². The van der Waals surface area contributed by atoms with Crippen LogP contribution in [0.5, 0.6) is 0 Å². The van der Waals surface area contributed by atoms with Gasteiger partial charge in [0.2, 0.25) is 0 Å². The Morgan fingerprint density at radius 2 is 2.00 bits per heavy atom. The first-order valence-electron chi connectivity index (χ1n) is 4.89. The van der Waals surface area contributed by atoms with Crippen LogP contribution in [0.15, 0.2) is 5.10 Å². The summed E-state index contributed by atoms with van der Waals surface area (Å²) in [5.41, 5.74) is 3.10. The van der Waals surface area contributed by atoms with E-state index < -0.39 is 0 Å². The van der Waals surface area contributed by atoms with Crippen molar-refractivity contribution in [2.45, 2.75) is 18.9 Å². The molecule has 0 aromatic heterocycles. The predicted molar refractivity (Wildman–Crippen MR) is 49.8 cm³/mol. The molecule has 2 aliphatic rings. The summed E-state index contributed by atoms with van der Waals surface area (Å²) in [5, 5.41) is 4.20. The van der Waals surface area contributed by atoms with Crippen LogP contribution in [0.25, 0.3) is 0 Å². The highest BCUT2D eigenvalue weighted by molar-refractivity contribution is 5.60. The van der Waals surface area contributed by atoms with Gasteiger partial charge in [-0.3, -0.25) is 0 Å². The summed E-state index contributed by atoms with van der Waals surface area (Å²) in [5.74, 6) is 0.509. The number of ether oxygens (including phenoxy) is 2. The molecule has 0 radical (unpaired) electrons. The molecule has 2 fully saturated rings. The molecule has 2 unspecified atom stereocenters. The van der Waals surface area contributed by atoms with Crippen LogP contribution in [0.1, 0.15) is 12.8 Å². The Labute approximate surface area is 78.3 Å². The van der Waals surface area contributed by atoms with E-state index in [0.29, 0.717) is 12.0 Å². The molecule has 0 aliphatic carbocycles. The van der Waals surface area contributed by atoms with Gasteiger partial charge >= 0.3 is 0 Å². The lowest BCUT2D eigenvalue weighted by atomic mass is 10.1. The standard InChI is InChI=1S/C9H16N2O2/c1-3-12-6-8(1)5-10-11-9-2-4-13-7-9/h5,8-9,11H,1-4,6-7H2/b10-5+. The molecule has 2 atom stereocenters. The Balaban J connectivity index is 1.65. The number of nitrogens with zero attached hydrogens (tertiary/aromatic N) is 1. The highest BCUT2D eigenvalue weighted by Crippen LogP contribution is 2.09. The van der Waals surface area contributed by atoms with E-state index in [2.05, 4.69) is 10.5 Å². The Bertz CT molecular complexity index is 172. The lowest BCUT2D eigenvalue weighted by Gasteiger charge is -2.06. The van der Waals surface area contributed by atoms with Gasteiger partial charge in [0.05, 0.1) is 19.3 Å². The Morgan fingerprint density at radius 1 is 1.15 bits per heavy atom. The smallest absolute Gasteiger partial charge is 0.0695 e. The van der Waals surface area contributed by atoms with E-state index in [9.17, 15) is 0 Å². The average Bonchev–Trinajstić information content (AvgIpc) is 2.75. The molecular formula is C9H16N2O2. The van der Waals surface area contributed by atoms with Crippen LogP contribution in [0.2, 0.25) is 0 Å². The minimum atomic E-state index is 0.415. The molecule has 2 rings (SSSR count). The largest absolute Gasteiger partial charge is 0.381 e. The molecular weight excluding hydrogens is 168 g/mol. The van der Waals surface area contributed by atoms with Crippen molar-refractivity contribution < 1.29 is 9.47 Å². The summed E-state index contributed by atoms with van der Waals surface area (Å²) in [4.78, 5) is 0. The minimum absolute atomic E-state index is 0.415. The lowest BCUT2D eigenvalue weighted by molar-refractivity contribution is 0.190. The Morgan fingerprint density at radius 3 is 2.69 bits per heavy atom. The summed E-state index contributed by atoms with van der Waals surface area (Å²) in [6.07, 6.45) is 4.14. The zero-order chi connectivity index (χ0) is 8.93. The second-order valence-electron chi connectivity index (χ2n) is 3.59. The summed E-state index contributed by atoms with van der Waals surface area (Å²) in [7, 11) is 0. The molecule has 2 saturated heterocycles. The molecule has 4 nitrogen and oxygen atoms in total. The summed E-state index contributed by atoms with van der Waals surface area (Å²) >= 11 is 0. The van der Waals surface area contributed by atoms with Crippen molar-refractivity contribution >= 4 is 6.21 Å². The predicted octanol–water partition coefficient (Wildman–Crippen LogP) is 0.387. The molecule has 2 aliphatic heterocycles. The van der Waals surface area contributed by atoms with Crippen molar-refractivity contribution in [3.05, 3.63) is 0 Å². The van der Waals surface area contributed by atoms with E-state index in [-0.39, 0.29) is 0 Å². The summed E-state index contributed by atoms with van der Waals surface area (Å²) in [6.45, 7) is 3.35. The highest BCUT2D eigenvalue weighted by atomic mass is 16.5. The molecule has 0 amide bonds. The zero-order valence-corrected chi connectivity index (χ0v) is 7.74. The van der Waals surface area contributed by atoms with E-state index in [1.807, 2.05) is 6.21 Å². The van der Waals surface area contributed by atoms with Crippen LogP contribution in [0.3, 0.4) is 0 Å². The molecule has 2 heterocycles. The van der Waals surface area contributed by atoms with E-state index >= 15 is 0 Å². The van der Waals surface area contributed by atoms with Crippen LogP contribution >= 0.6 is 0 Å². The molecule has 13 heavy (non-hydrogen) atoms. The van der Waals surface area contributed by atoms with E-state index in [4.69, 9.17) is 9.47 Å². The van der Waals surface area contributed by atoms with Crippen LogP contribution in [-0.2, 0) is 9.47 Å². The maximum atomic E-state index is 5.24. The minimum Gasteiger partial charge on any atom is -0.381 e. The summed E-state index contributed by atoms with van der Waals surface area (Å²) in [6, 6.07) is 0.415. The van der Waals surface area contributed by atoms with Gasteiger partial charge in [-0.15, -0.1) is 0 Å². The molecule has 1 N–H and O–H groups in total. The van der Waals surface area contributed by atoms with Gasteiger partial charge in [0.15, 0.2) is 0 Å². The van der Waals surface area contributed by atoms with Gasteiger partial charge in [-0.25, -0.2) is 0 Å². The fourth-order valence-corrected chi connectivity index (χ4v) is 1.56. The Kier molecular flexibility index (Phi) is 3.16. The van der Waals surface area contributed by atoms with Crippen LogP contribution in [0, 0.1) is 5.92 Å². The number of hydrogen-bond acceptors (Lipinski definition) is 4. The molecule has 0 spiro atoms. The van der Waals surface area contributed by atoms with Crippen molar-refractivity contribution in [2.75, 3.05) is 26.4 Å².